The van der Waals surface area contributed by atoms with Crippen LogP contribution in [0, 0.1) is 11.2 Å². The highest BCUT2D eigenvalue weighted by Gasteiger charge is 2.46. The number of anilines is 1. The lowest BCUT2D eigenvalue weighted by atomic mass is 9.85. The van der Waals surface area contributed by atoms with E-state index < -0.39 is 41.5 Å². The number of fused-ring (bicyclic) bond motifs is 2. The fourth-order valence-corrected chi connectivity index (χ4v) is 9.39. The van der Waals surface area contributed by atoms with Gasteiger partial charge in [-0.05, 0) is 88.7 Å². The summed E-state index contributed by atoms with van der Waals surface area (Å²) in [7, 11) is 1.67. The maximum Gasteiger partial charge on any atom is 0.259 e. The molecule has 0 radical (unpaired) electrons. The lowest BCUT2D eigenvalue weighted by Crippen LogP contribution is -2.59. The molecular weight excluding hydrogens is 934 g/mol. The SMILES string of the molecule is CC[C@@H](NC(=O)[C@@H]1C[C@H](NC(=O)CCCCCCCCC(=O)NCCN2C[C@H](C)Oc3ccc(F)cc3C(C)Nc3ccn4ncc(c4n3)C2=O)CN1C(=O)[C@@H](NC(=O)[C@H](C)NC)C(C)(C)C)c1ccccc1. The predicted molar refractivity (Wildman–Crippen MR) is 277 cm³/mol. The van der Waals surface area contributed by atoms with Crippen molar-refractivity contribution in [3.05, 3.63) is 89.5 Å². The Bertz CT molecular complexity index is 2530. The average Bonchev–Trinajstić information content (AvgIpc) is 3.99. The highest BCUT2D eigenvalue weighted by atomic mass is 19.1. The predicted octanol–water partition coefficient (Wildman–Crippen LogP) is 5.99. The van der Waals surface area contributed by atoms with Crippen LogP contribution in [0.5, 0.6) is 5.75 Å². The van der Waals surface area contributed by atoms with E-state index in [1.807, 2.05) is 71.9 Å². The zero-order valence-corrected chi connectivity index (χ0v) is 43.8. The van der Waals surface area contributed by atoms with Gasteiger partial charge in [-0.3, -0.25) is 28.8 Å². The quantitative estimate of drug-likeness (QED) is 0.0533. The van der Waals surface area contributed by atoms with E-state index in [-0.39, 0.29) is 80.1 Å². The molecule has 18 nitrogen and oxygen atoms in total. The van der Waals surface area contributed by atoms with Gasteiger partial charge in [0.05, 0.1) is 30.9 Å². The second kappa shape index (κ2) is 25.8. The third-order valence-corrected chi connectivity index (χ3v) is 13.7. The summed E-state index contributed by atoms with van der Waals surface area (Å²) >= 11 is 0. The summed E-state index contributed by atoms with van der Waals surface area (Å²) in [5, 5.41) is 22.6. The Kier molecular flexibility index (Phi) is 19.7. The minimum absolute atomic E-state index is 0.118. The smallest absolute Gasteiger partial charge is 0.259 e. The van der Waals surface area contributed by atoms with Crippen molar-refractivity contribution in [3.63, 3.8) is 0 Å². The number of likely N-dealkylation sites (N-methyl/N-ethyl adjacent to an activating group) is 1. The monoisotopic (exact) mass is 1010 g/mol. The van der Waals surface area contributed by atoms with Crippen molar-refractivity contribution >= 4 is 46.9 Å². The summed E-state index contributed by atoms with van der Waals surface area (Å²) in [5.74, 6) is -1.02. The van der Waals surface area contributed by atoms with Crippen LogP contribution in [-0.2, 0) is 24.0 Å². The van der Waals surface area contributed by atoms with E-state index in [2.05, 4.69) is 42.0 Å². The summed E-state index contributed by atoms with van der Waals surface area (Å²) in [6, 6.07) is 12.4. The number of hydrogen-bond acceptors (Lipinski definition) is 11. The maximum absolute atomic E-state index is 14.4. The lowest BCUT2D eigenvalue weighted by Gasteiger charge is -2.36. The molecule has 4 aromatic rings. The molecule has 0 saturated carbocycles. The van der Waals surface area contributed by atoms with Crippen molar-refractivity contribution in [1.82, 2.24) is 51.0 Å². The molecule has 0 spiro atoms. The average molecular weight is 1010 g/mol. The number of unbranched alkanes of at least 4 members (excludes halogenated alkanes) is 5. The maximum atomic E-state index is 14.4. The highest BCUT2D eigenvalue weighted by molar-refractivity contribution is 6.00. The fraction of sp³-hybridized carbons (Fsp3) is 0.556. The van der Waals surface area contributed by atoms with Crippen molar-refractivity contribution < 1.29 is 37.9 Å². The first-order valence-corrected chi connectivity index (χ1v) is 25.9. The summed E-state index contributed by atoms with van der Waals surface area (Å²) in [6.07, 6.45) is 9.01. The summed E-state index contributed by atoms with van der Waals surface area (Å²) in [4.78, 5) is 89.5. The van der Waals surface area contributed by atoms with Crippen LogP contribution in [0.15, 0.2) is 67.0 Å². The summed E-state index contributed by atoms with van der Waals surface area (Å²) in [6.45, 7) is 13.8. The van der Waals surface area contributed by atoms with E-state index in [1.54, 1.807) is 37.2 Å². The van der Waals surface area contributed by atoms with Gasteiger partial charge in [-0.25, -0.2) is 13.9 Å². The van der Waals surface area contributed by atoms with E-state index in [9.17, 15) is 33.2 Å². The largest absolute Gasteiger partial charge is 0.489 e. The molecule has 2 bridgehead atoms. The number of nitrogens with one attached hydrogen (secondary N) is 6. The Hall–Kier alpha value is -6.63. The number of likely N-dealkylation sites (tertiary alicyclic amines) is 1. The van der Waals surface area contributed by atoms with Gasteiger partial charge in [0.25, 0.3) is 5.91 Å². The molecule has 7 atom stereocenters. The van der Waals surface area contributed by atoms with Gasteiger partial charge in [0, 0.05) is 50.3 Å². The Morgan fingerprint density at radius 3 is 2.30 bits per heavy atom. The molecule has 1 unspecified atom stereocenters. The molecule has 73 heavy (non-hydrogen) atoms. The number of benzene rings is 2. The molecular formula is C54H76FN11O7. The van der Waals surface area contributed by atoms with Crippen LogP contribution in [0.4, 0.5) is 10.2 Å². The van der Waals surface area contributed by atoms with Crippen LogP contribution in [-0.4, -0.2) is 123 Å². The molecule has 2 aliphatic heterocycles. The minimum atomic E-state index is -0.914. The normalized spacial score (nSPS) is 19.3. The Labute approximate surface area is 428 Å². The number of aromatic nitrogens is 3. The number of carbonyl (C=O) groups excluding carboxylic acids is 6. The first-order chi connectivity index (χ1) is 34.9. The molecule has 2 aliphatic rings. The van der Waals surface area contributed by atoms with Crippen LogP contribution < -0.4 is 36.6 Å². The molecule has 2 aromatic heterocycles. The fourth-order valence-electron chi connectivity index (χ4n) is 9.39. The number of amides is 6. The van der Waals surface area contributed by atoms with E-state index in [0.29, 0.717) is 60.4 Å². The van der Waals surface area contributed by atoms with E-state index in [1.165, 1.54) is 27.7 Å². The van der Waals surface area contributed by atoms with Gasteiger partial charge >= 0.3 is 0 Å². The zero-order chi connectivity index (χ0) is 52.8. The van der Waals surface area contributed by atoms with E-state index >= 15 is 0 Å². The van der Waals surface area contributed by atoms with Crippen LogP contribution >= 0.6 is 0 Å². The molecule has 0 aliphatic carbocycles. The molecule has 396 valence electrons. The first kappa shape index (κ1) is 55.7. The second-order valence-corrected chi connectivity index (χ2v) is 20.5. The van der Waals surface area contributed by atoms with E-state index in [0.717, 1.165) is 31.2 Å². The number of hydrogen-bond donors (Lipinski definition) is 6. The first-order valence-electron chi connectivity index (χ1n) is 25.9. The molecule has 6 N–H and O–H groups in total. The Morgan fingerprint density at radius 2 is 1.62 bits per heavy atom. The van der Waals surface area contributed by atoms with Crippen molar-refractivity contribution in [1.29, 1.82) is 0 Å². The van der Waals surface area contributed by atoms with Crippen LogP contribution in [0.25, 0.3) is 5.65 Å². The summed E-state index contributed by atoms with van der Waals surface area (Å²) in [5.41, 5.74) is 1.56. The zero-order valence-electron chi connectivity index (χ0n) is 43.8. The van der Waals surface area contributed by atoms with Gasteiger partial charge in [0.1, 0.15) is 41.1 Å². The van der Waals surface area contributed by atoms with Crippen LogP contribution in [0.3, 0.4) is 0 Å². The second-order valence-electron chi connectivity index (χ2n) is 20.5. The van der Waals surface area contributed by atoms with Gasteiger partial charge in [-0.1, -0.05) is 83.7 Å². The number of rotatable bonds is 21. The standard InChI is InChI=1S/C54H76FN11O7/c1-9-42(37-19-15-14-16-20-37)61-51(70)43-30-39(33-65(43)53(72)48(54(5,6)7)63-50(69)36(4)56-8)60-47(68)22-18-13-11-10-12-17-21-46(67)57-26-28-64-32-34(2)73-44-24-23-38(55)29-40(44)35(3)59-45-25-27-66-49(62-45)41(31-58-66)52(64)71/h14-16,19-20,23-25,27,29,31,34-36,39,42-43,48,56H,9-13,17-18,21-22,26,28,30,32-33H2,1-8H3,(H,57,67)(H,59,62)(H,60,68)(H,61,70)(H,63,69)/t34-,35?,36-,39-,42+,43-,48+/m0/s1. The van der Waals surface area contributed by atoms with Crippen molar-refractivity contribution in [3.8, 4) is 5.75 Å². The van der Waals surface area contributed by atoms with Crippen molar-refractivity contribution in [2.24, 2.45) is 5.41 Å². The van der Waals surface area contributed by atoms with Gasteiger partial charge in [0.2, 0.25) is 29.5 Å². The van der Waals surface area contributed by atoms with Crippen molar-refractivity contribution in [2.75, 3.05) is 38.5 Å². The number of ether oxygens (including phenoxy) is 1. The summed E-state index contributed by atoms with van der Waals surface area (Å²) < 4.78 is 22.2. The lowest BCUT2D eigenvalue weighted by molar-refractivity contribution is -0.144. The highest BCUT2D eigenvalue weighted by Crippen LogP contribution is 2.31. The van der Waals surface area contributed by atoms with E-state index in [4.69, 9.17) is 4.74 Å². The minimum Gasteiger partial charge on any atom is -0.489 e. The third-order valence-electron chi connectivity index (χ3n) is 13.7. The molecule has 4 heterocycles. The van der Waals surface area contributed by atoms with Gasteiger partial charge in [-0.2, -0.15) is 5.10 Å². The van der Waals surface area contributed by atoms with Crippen molar-refractivity contribution in [2.45, 2.75) is 155 Å². The third kappa shape index (κ3) is 15.2. The van der Waals surface area contributed by atoms with Crippen LogP contribution in [0.1, 0.15) is 146 Å². The number of carbonyl (C=O) groups is 6. The number of nitrogens with zero attached hydrogens (tertiary/aromatic N) is 5. The molecule has 6 amide bonds. The molecule has 6 rings (SSSR count). The topological polar surface area (TPSA) is 220 Å². The number of halogens is 1. The van der Waals surface area contributed by atoms with Gasteiger partial charge in [0.15, 0.2) is 5.65 Å². The van der Waals surface area contributed by atoms with Gasteiger partial charge in [-0.15, -0.1) is 0 Å². The molecule has 19 heteroatoms. The van der Waals surface area contributed by atoms with Crippen LogP contribution in [0.2, 0.25) is 0 Å². The van der Waals surface area contributed by atoms with Gasteiger partial charge < -0.3 is 46.4 Å². The molecule has 1 saturated heterocycles. The molecule has 1 fully saturated rings. The molecule has 2 aromatic carbocycles. The Balaban J connectivity index is 0.943. The Morgan fingerprint density at radius 1 is 0.918 bits per heavy atom.